The Balaban J connectivity index is 2.22. The molecule has 1 aromatic carbocycles. The molecule has 0 aliphatic heterocycles. The zero-order chi connectivity index (χ0) is 15.4. The van der Waals surface area contributed by atoms with Gasteiger partial charge in [-0.1, -0.05) is 26.0 Å². The molecule has 2 atom stereocenters. The maximum absolute atomic E-state index is 12.0. The van der Waals surface area contributed by atoms with Crippen LogP contribution in [0.3, 0.4) is 0 Å². The zero-order valence-corrected chi connectivity index (χ0v) is 13.1. The van der Waals surface area contributed by atoms with Gasteiger partial charge in [0.25, 0.3) is 0 Å². The standard InChI is InChI=1S/C17H23NO3/c1-5-11(3)17(19)18-12(4)15-10-13-8-7-9-14(20-6-2)16(13)21-15/h7-12H,5-6H2,1-4H3,(H,18,19). The first-order valence-electron chi connectivity index (χ1n) is 7.52. The second-order valence-electron chi connectivity index (χ2n) is 5.30. The summed E-state index contributed by atoms with van der Waals surface area (Å²) in [5, 5.41) is 3.97. The molecule has 4 nitrogen and oxygen atoms in total. The van der Waals surface area contributed by atoms with Gasteiger partial charge in [-0.25, -0.2) is 0 Å². The van der Waals surface area contributed by atoms with Crippen molar-refractivity contribution in [3.05, 3.63) is 30.0 Å². The van der Waals surface area contributed by atoms with Gasteiger partial charge in [0.1, 0.15) is 5.76 Å². The number of carbonyl (C=O) groups excluding carboxylic acids is 1. The van der Waals surface area contributed by atoms with Crippen LogP contribution in [0.2, 0.25) is 0 Å². The SMILES string of the molecule is CCOc1cccc2cc(C(C)NC(=O)C(C)CC)oc12. The highest BCUT2D eigenvalue weighted by atomic mass is 16.5. The van der Waals surface area contributed by atoms with Gasteiger partial charge in [-0.15, -0.1) is 0 Å². The van der Waals surface area contributed by atoms with Gasteiger partial charge in [0.15, 0.2) is 11.3 Å². The first-order chi connectivity index (χ1) is 10.1. The van der Waals surface area contributed by atoms with Crippen LogP contribution in [0.4, 0.5) is 0 Å². The first kappa shape index (κ1) is 15.4. The van der Waals surface area contributed by atoms with E-state index in [9.17, 15) is 4.79 Å². The van der Waals surface area contributed by atoms with Crippen molar-refractivity contribution in [2.45, 2.75) is 40.2 Å². The molecular formula is C17H23NO3. The van der Waals surface area contributed by atoms with Crippen LogP contribution in [0.25, 0.3) is 11.0 Å². The average Bonchev–Trinajstić information content (AvgIpc) is 2.91. The lowest BCUT2D eigenvalue weighted by atomic mass is 10.1. The van der Waals surface area contributed by atoms with Gasteiger partial charge in [0.2, 0.25) is 5.91 Å². The Bertz CT molecular complexity index is 618. The summed E-state index contributed by atoms with van der Waals surface area (Å²) < 4.78 is 11.5. The minimum Gasteiger partial charge on any atom is -0.490 e. The maximum atomic E-state index is 12.0. The Morgan fingerprint density at radius 2 is 2.10 bits per heavy atom. The molecule has 0 saturated carbocycles. The van der Waals surface area contributed by atoms with Crippen LogP contribution in [-0.2, 0) is 4.79 Å². The van der Waals surface area contributed by atoms with Gasteiger partial charge in [-0.05, 0) is 32.4 Å². The fourth-order valence-corrected chi connectivity index (χ4v) is 2.15. The lowest BCUT2D eigenvalue weighted by Crippen LogP contribution is -2.31. The summed E-state index contributed by atoms with van der Waals surface area (Å²) in [4.78, 5) is 12.0. The molecule has 114 valence electrons. The van der Waals surface area contributed by atoms with Gasteiger partial charge in [-0.3, -0.25) is 4.79 Å². The molecule has 0 saturated heterocycles. The lowest BCUT2D eigenvalue weighted by Gasteiger charge is -2.14. The van der Waals surface area contributed by atoms with Crippen molar-refractivity contribution in [2.75, 3.05) is 6.61 Å². The average molecular weight is 289 g/mol. The number of amides is 1. The van der Waals surface area contributed by atoms with E-state index in [0.717, 1.165) is 28.9 Å². The van der Waals surface area contributed by atoms with Crippen LogP contribution in [0.5, 0.6) is 5.75 Å². The van der Waals surface area contributed by atoms with Crippen LogP contribution >= 0.6 is 0 Å². The van der Waals surface area contributed by atoms with Crippen molar-refractivity contribution in [3.63, 3.8) is 0 Å². The largest absolute Gasteiger partial charge is 0.490 e. The molecule has 1 aromatic heterocycles. The second-order valence-corrected chi connectivity index (χ2v) is 5.30. The fraction of sp³-hybridized carbons (Fsp3) is 0.471. The molecule has 0 fully saturated rings. The molecule has 0 bridgehead atoms. The molecule has 0 aliphatic carbocycles. The van der Waals surface area contributed by atoms with Crippen molar-refractivity contribution >= 4 is 16.9 Å². The molecular weight excluding hydrogens is 266 g/mol. The summed E-state index contributed by atoms with van der Waals surface area (Å²) >= 11 is 0. The van der Waals surface area contributed by atoms with Crippen LogP contribution in [0.1, 0.15) is 45.9 Å². The van der Waals surface area contributed by atoms with E-state index >= 15 is 0 Å². The number of fused-ring (bicyclic) bond motifs is 1. The number of nitrogens with one attached hydrogen (secondary N) is 1. The summed E-state index contributed by atoms with van der Waals surface area (Å²) in [6.07, 6.45) is 0.827. The summed E-state index contributed by atoms with van der Waals surface area (Å²) in [6, 6.07) is 7.61. The van der Waals surface area contributed by atoms with Gasteiger partial charge in [0, 0.05) is 11.3 Å². The molecule has 1 heterocycles. The van der Waals surface area contributed by atoms with Crippen LogP contribution in [0, 0.1) is 5.92 Å². The molecule has 0 radical (unpaired) electrons. The zero-order valence-electron chi connectivity index (χ0n) is 13.1. The van der Waals surface area contributed by atoms with Crippen molar-refractivity contribution < 1.29 is 13.9 Å². The highest BCUT2D eigenvalue weighted by Crippen LogP contribution is 2.31. The van der Waals surface area contributed by atoms with E-state index in [-0.39, 0.29) is 17.9 Å². The third kappa shape index (κ3) is 3.38. The monoisotopic (exact) mass is 289 g/mol. The molecule has 4 heteroatoms. The Labute approximate surface area is 125 Å². The highest BCUT2D eigenvalue weighted by molar-refractivity contribution is 5.84. The van der Waals surface area contributed by atoms with Crippen molar-refractivity contribution in [3.8, 4) is 5.75 Å². The molecule has 1 N–H and O–H groups in total. The Morgan fingerprint density at radius 1 is 1.33 bits per heavy atom. The van der Waals surface area contributed by atoms with E-state index in [0.29, 0.717) is 6.61 Å². The molecule has 0 aliphatic rings. The predicted octanol–water partition coefficient (Wildman–Crippen LogP) is 4.05. The number of rotatable bonds is 6. The molecule has 21 heavy (non-hydrogen) atoms. The third-order valence-electron chi connectivity index (χ3n) is 3.67. The molecule has 1 amide bonds. The molecule has 0 spiro atoms. The Hall–Kier alpha value is -1.97. The van der Waals surface area contributed by atoms with Crippen molar-refractivity contribution in [2.24, 2.45) is 5.92 Å². The maximum Gasteiger partial charge on any atom is 0.223 e. The first-order valence-corrected chi connectivity index (χ1v) is 7.52. The number of carbonyl (C=O) groups is 1. The Morgan fingerprint density at radius 3 is 2.76 bits per heavy atom. The van der Waals surface area contributed by atoms with Gasteiger partial charge in [0.05, 0.1) is 12.6 Å². The normalized spacial score (nSPS) is 13.9. The topological polar surface area (TPSA) is 51.5 Å². The van der Waals surface area contributed by atoms with Crippen LogP contribution < -0.4 is 10.1 Å². The summed E-state index contributed by atoms with van der Waals surface area (Å²) in [5.74, 6) is 1.54. The number of hydrogen-bond donors (Lipinski definition) is 1. The molecule has 2 aromatic rings. The summed E-state index contributed by atoms with van der Waals surface area (Å²) in [6.45, 7) is 8.39. The summed E-state index contributed by atoms with van der Waals surface area (Å²) in [5.41, 5.74) is 0.735. The second kappa shape index (κ2) is 6.66. The number of para-hydroxylation sites is 1. The highest BCUT2D eigenvalue weighted by Gasteiger charge is 2.18. The van der Waals surface area contributed by atoms with E-state index in [1.807, 2.05) is 52.0 Å². The van der Waals surface area contributed by atoms with Gasteiger partial charge in [-0.2, -0.15) is 0 Å². The lowest BCUT2D eigenvalue weighted by molar-refractivity contribution is -0.125. The van der Waals surface area contributed by atoms with Gasteiger partial charge >= 0.3 is 0 Å². The van der Waals surface area contributed by atoms with Crippen LogP contribution in [0.15, 0.2) is 28.7 Å². The fourth-order valence-electron chi connectivity index (χ4n) is 2.15. The van der Waals surface area contributed by atoms with E-state index < -0.39 is 0 Å². The third-order valence-corrected chi connectivity index (χ3v) is 3.67. The summed E-state index contributed by atoms with van der Waals surface area (Å²) in [7, 11) is 0. The number of furan rings is 1. The molecule has 2 rings (SSSR count). The molecule has 2 unspecified atom stereocenters. The van der Waals surface area contributed by atoms with E-state index in [1.165, 1.54) is 0 Å². The van der Waals surface area contributed by atoms with E-state index in [2.05, 4.69) is 5.32 Å². The number of hydrogen-bond acceptors (Lipinski definition) is 3. The van der Waals surface area contributed by atoms with Crippen LogP contribution in [-0.4, -0.2) is 12.5 Å². The van der Waals surface area contributed by atoms with Gasteiger partial charge < -0.3 is 14.5 Å². The minimum atomic E-state index is -0.159. The smallest absolute Gasteiger partial charge is 0.223 e. The van der Waals surface area contributed by atoms with E-state index in [1.54, 1.807) is 0 Å². The van der Waals surface area contributed by atoms with E-state index in [4.69, 9.17) is 9.15 Å². The number of benzene rings is 1. The van der Waals surface area contributed by atoms with Crippen molar-refractivity contribution in [1.82, 2.24) is 5.32 Å². The van der Waals surface area contributed by atoms with Crippen molar-refractivity contribution in [1.29, 1.82) is 0 Å². The Kier molecular flexibility index (Phi) is 4.89. The minimum absolute atomic E-state index is 0.0100. The number of ether oxygens (including phenoxy) is 1. The quantitative estimate of drug-likeness (QED) is 0.872. The predicted molar refractivity (Wildman–Crippen MR) is 83.4 cm³/mol.